The van der Waals surface area contributed by atoms with Crippen molar-refractivity contribution in [2.75, 3.05) is 18.9 Å². The molecule has 0 amide bonds. The fourth-order valence-electron chi connectivity index (χ4n) is 2.85. The molecule has 31 heavy (non-hydrogen) atoms. The molecule has 160 valence electrons. The van der Waals surface area contributed by atoms with Crippen LogP contribution in [-0.4, -0.2) is 32.7 Å². The van der Waals surface area contributed by atoms with Crippen LogP contribution in [0.5, 0.6) is 0 Å². The summed E-state index contributed by atoms with van der Waals surface area (Å²) in [6, 6.07) is 13.5. The number of pyridine rings is 2. The highest BCUT2D eigenvalue weighted by molar-refractivity contribution is 5.76. The van der Waals surface area contributed by atoms with E-state index in [1.54, 1.807) is 36.7 Å². The Hall–Kier alpha value is -3.65. The third-order valence-corrected chi connectivity index (χ3v) is 4.47. The van der Waals surface area contributed by atoms with Crippen molar-refractivity contribution < 1.29 is 9.13 Å². The minimum absolute atomic E-state index is 0.0738. The van der Waals surface area contributed by atoms with Crippen molar-refractivity contribution in [2.45, 2.75) is 20.4 Å². The van der Waals surface area contributed by atoms with Gasteiger partial charge >= 0.3 is 0 Å². The fraction of sp³-hybridized carbons (Fsp3) is 0.217. The molecule has 4 aromatic rings. The maximum absolute atomic E-state index is 13.1. The van der Waals surface area contributed by atoms with Gasteiger partial charge in [0.1, 0.15) is 11.3 Å². The van der Waals surface area contributed by atoms with Gasteiger partial charge in [0.2, 0.25) is 0 Å². The molecule has 7 nitrogen and oxygen atoms in total. The minimum Gasteiger partial charge on any atom is -0.380 e. The second-order valence-corrected chi connectivity index (χ2v) is 6.72. The first-order valence-corrected chi connectivity index (χ1v) is 9.87. The molecule has 0 unspecified atom stereocenters. The Morgan fingerprint density at radius 1 is 1.03 bits per heavy atom. The van der Waals surface area contributed by atoms with E-state index in [9.17, 15) is 9.18 Å². The molecule has 0 spiro atoms. The molecule has 0 saturated carbocycles. The Morgan fingerprint density at radius 3 is 2.35 bits per heavy atom. The molecule has 0 radical (unpaired) electrons. The van der Waals surface area contributed by atoms with Crippen molar-refractivity contribution in [1.29, 1.82) is 0 Å². The van der Waals surface area contributed by atoms with E-state index in [-0.39, 0.29) is 11.6 Å². The van der Waals surface area contributed by atoms with Gasteiger partial charge in [0.25, 0.3) is 5.56 Å². The highest BCUT2D eigenvalue weighted by Gasteiger charge is 2.11. The first kappa shape index (κ1) is 22.0. The number of anilines is 1. The van der Waals surface area contributed by atoms with E-state index in [1.807, 2.05) is 26.0 Å². The van der Waals surface area contributed by atoms with Crippen LogP contribution in [0.15, 0.2) is 65.7 Å². The second kappa shape index (κ2) is 10.4. The molecule has 0 aliphatic carbocycles. The van der Waals surface area contributed by atoms with Crippen molar-refractivity contribution in [2.24, 2.45) is 0 Å². The Bertz CT molecular complexity index is 1190. The molecule has 0 aliphatic rings. The lowest BCUT2D eigenvalue weighted by Crippen LogP contribution is -2.27. The van der Waals surface area contributed by atoms with Crippen LogP contribution < -0.4 is 11.3 Å². The maximum Gasteiger partial charge on any atom is 0.294 e. The van der Waals surface area contributed by atoms with Gasteiger partial charge < -0.3 is 10.5 Å². The largest absolute Gasteiger partial charge is 0.380 e. The second-order valence-electron chi connectivity index (χ2n) is 6.72. The molecule has 8 heteroatoms. The molecule has 1 aromatic carbocycles. The summed E-state index contributed by atoms with van der Waals surface area (Å²) >= 11 is 0. The summed E-state index contributed by atoms with van der Waals surface area (Å²) in [5.74, 6) is -0.391. The zero-order chi connectivity index (χ0) is 22.2. The maximum atomic E-state index is 13.1. The van der Waals surface area contributed by atoms with Gasteiger partial charge in [0, 0.05) is 24.6 Å². The van der Waals surface area contributed by atoms with Crippen LogP contribution in [0.25, 0.3) is 22.4 Å². The molecule has 2 N–H and O–H groups in total. The van der Waals surface area contributed by atoms with E-state index in [4.69, 9.17) is 10.5 Å². The monoisotopic (exact) mass is 421 g/mol. The van der Waals surface area contributed by atoms with E-state index in [2.05, 4.69) is 15.0 Å². The summed E-state index contributed by atoms with van der Waals surface area (Å²) in [7, 11) is 0. The van der Waals surface area contributed by atoms with Crippen LogP contribution in [0.1, 0.15) is 12.5 Å². The van der Waals surface area contributed by atoms with Crippen LogP contribution in [0.2, 0.25) is 0 Å². The van der Waals surface area contributed by atoms with Crippen molar-refractivity contribution in [1.82, 2.24) is 19.5 Å². The van der Waals surface area contributed by atoms with Gasteiger partial charge in [-0.2, -0.15) is 0 Å². The number of hydrogen-bond donors (Lipinski definition) is 1. The van der Waals surface area contributed by atoms with Crippen molar-refractivity contribution in [3.05, 3.63) is 82.7 Å². The Labute approximate surface area is 179 Å². The van der Waals surface area contributed by atoms with Crippen molar-refractivity contribution >= 4 is 17.0 Å². The van der Waals surface area contributed by atoms with Gasteiger partial charge in [-0.3, -0.25) is 14.3 Å². The van der Waals surface area contributed by atoms with E-state index >= 15 is 0 Å². The van der Waals surface area contributed by atoms with Gasteiger partial charge in [-0.1, -0.05) is 0 Å². The highest BCUT2D eigenvalue weighted by atomic mass is 19.1. The van der Waals surface area contributed by atoms with Crippen LogP contribution >= 0.6 is 0 Å². The van der Waals surface area contributed by atoms with Gasteiger partial charge in [0.15, 0.2) is 11.5 Å². The number of halogens is 1. The Balaban J connectivity index is 0.000000330. The molecule has 3 heterocycles. The van der Waals surface area contributed by atoms with Gasteiger partial charge in [-0.15, -0.1) is 0 Å². The highest BCUT2D eigenvalue weighted by Crippen LogP contribution is 2.20. The minimum atomic E-state index is -0.397. The molecule has 0 aliphatic heterocycles. The zero-order valence-corrected chi connectivity index (χ0v) is 17.5. The predicted molar refractivity (Wildman–Crippen MR) is 119 cm³/mol. The lowest BCUT2D eigenvalue weighted by atomic mass is 10.1. The average molecular weight is 421 g/mol. The van der Waals surface area contributed by atoms with Crippen molar-refractivity contribution in [3.8, 4) is 11.3 Å². The number of benzene rings is 1. The summed E-state index contributed by atoms with van der Waals surface area (Å²) in [5.41, 5.74) is 8.89. The van der Waals surface area contributed by atoms with Crippen LogP contribution in [0.4, 0.5) is 10.2 Å². The Morgan fingerprint density at radius 2 is 1.74 bits per heavy atom. The van der Waals surface area contributed by atoms with E-state index in [1.165, 1.54) is 22.3 Å². The lowest BCUT2D eigenvalue weighted by molar-refractivity contribution is 0.139. The first-order valence-electron chi connectivity index (χ1n) is 9.87. The zero-order valence-electron chi connectivity index (χ0n) is 17.5. The first-order chi connectivity index (χ1) is 15.0. The number of ether oxygens (including phenoxy) is 1. The normalized spacial score (nSPS) is 10.5. The number of nitrogens with two attached hydrogens (primary N) is 1. The number of fused-ring (bicyclic) bond motifs is 1. The molecule has 0 fully saturated rings. The summed E-state index contributed by atoms with van der Waals surface area (Å²) in [5, 5.41) is 0. The van der Waals surface area contributed by atoms with Gasteiger partial charge in [0.05, 0.1) is 18.8 Å². The fourth-order valence-corrected chi connectivity index (χ4v) is 2.85. The number of rotatable bonds is 5. The number of nitrogens with zero attached hydrogens (tertiary/aromatic N) is 4. The molecule has 0 saturated heterocycles. The summed E-state index contributed by atoms with van der Waals surface area (Å²) in [6.07, 6.45) is 3.57. The van der Waals surface area contributed by atoms with Gasteiger partial charge in [-0.25, -0.2) is 14.4 Å². The van der Waals surface area contributed by atoms with Crippen LogP contribution in [-0.2, 0) is 11.3 Å². The van der Waals surface area contributed by atoms with E-state index in [0.717, 1.165) is 5.56 Å². The topological polar surface area (TPSA) is 95.9 Å². The molecular weight excluding hydrogens is 397 g/mol. The summed E-state index contributed by atoms with van der Waals surface area (Å²) < 4.78 is 19.9. The Kier molecular flexibility index (Phi) is 7.40. The molecule has 0 bridgehead atoms. The molecule has 4 rings (SSSR count). The molecular formula is C23H24FN5O2. The standard InChI is InChI=1S/C17H17FN4O2.C6H7N/c1-2-24-10-9-22-16-14(20-15(19)17(22)23)8-7-13(21-16)11-3-5-12(18)6-4-11;1-6-2-4-7-5-3-6/h3-8H,2,9-10H2,1H3,(H2,19,20);2-5H,1H3. The summed E-state index contributed by atoms with van der Waals surface area (Å²) in [4.78, 5) is 24.8. The smallest absolute Gasteiger partial charge is 0.294 e. The molecule has 3 aromatic heterocycles. The predicted octanol–water partition coefficient (Wildman–Crippen LogP) is 3.61. The SMILES string of the molecule is CCOCCn1c(=O)c(N)nc2ccc(-c3ccc(F)cc3)nc21.Cc1ccncc1. The quantitative estimate of drug-likeness (QED) is 0.495. The third-order valence-electron chi connectivity index (χ3n) is 4.47. The average Bonchev–Trinajstić information content (AvgIpc) is 2.78. The number of aromatic nitrogens is 4. The third kappa shape index (κ3) is 5.70. The van der Waals surface area contributed by atoms with Crippen LogP contribution in [0, 0.1) is 12.7 Å². The van der Waals surface area contributed by atoms with Gasteiger partial charge in [-0.05, 0) is 67.9 Å². The molecule has 0 atom stereocenters. The summed E-state index contributed by atoms with van der Waals surface area (Å²) in [6.45, 7) is 5.18. The van der Waals surface area contributed by atoms with E-state index in [0.29, 0.717) is 36.6 Å². The lowest BCUT2D eigenvalue weighted by Gasteiger charge is -2.11. The number of aryl methyl sites for hydroxylation is 1. The van der Waals surface area contributed by atoms with Crippen molar-refractivity contribution in [3.63, 3.8) is 0 Å². The van der Waals surface area contributed by atoms with E-state index < -0.39 is 5.56 Å². The number of hydrogen-bond acceptors (Lipinski definition) is 6. The van der Waals surface area contributed by atoms with Crippen LogP contribution in [0.3, 0.4) is 0 Å². The number of nitrogen functional groups attached to an aromatic ring is 1.